The molecule has 1 saturated heterocycles. The van der Waals surface area contributed by atoms with Crippen LogP contribution in [0.2, 0.25) is 0 Å². The fraction of sp³-hybridized carbons (Fsp3) is 0.318. The van der Waals surface area contributed by atoms with Gasteiger partial charge in [-0.1, -0.05) is 48.0 Å². The van der Waals surface area contributed by atoms with Gasteiger partial charge in [0.05, 0.1) is 24.0 Å². The molecule has 0 radical (unpaired) electrons. The van der Waals surface area contributed by atoms with Gasteiger partial charge in [-0.2, -0.15) is 0 Å². The minimum absolute atomic E-state index is 0.283. The third kappa shape index (κ3) is 3.67. The van der Waals surface area contributed by atoms with Crippen molar-refractivity contribution in [3.63, 3.8) is 0 Å². The van der Waals surface area contributed by atoms with Crippen LogP contribution < -0.4 is 4.80 Å². The zero-order chi connectivity index (χ0) is 17.9. The number of benzene rings is 2. The lowest BCUT2D eigenvalue weighted by Crippen LogP contribution is -2.24. The average Bonchev–Trinajstić information content (AvgIpc) is 3.29. The van der Waals surface area contributed by atoms with Crippen LogP contribution in [0, 0.1) is 13.8 Å². The number of thiazole rings is 1. The van der Waals surface area contributed by atoms with Crippen LogP contribution in [0.4, 0.5) is 5.69 Å². The van der Waals surface area contributed by atoms with Gasteiger partial charge in [0.15, 0.2) is 4.80 Å². The van der Waals surface area contributed by atoms with Gasteiger partial charge in [-0.25, -0.2) is 4.99 Å². The fourth-order valence-electron chi connectivity index (χ4n) is 3.46. The first-order chi connectivity index (χ1) is 12.7. The smallest absolute Gasteiger partial charge is 0.190 e. The summed E-state index contributed by atoms with van der Waals surface area (Å²) in [5, 5.41) is 2.21. The van der Waals surface area contributed by atoms with E-state index >= 15 is 0 Å². The molecule has 0 amide bonds. The predicted molar refractivity (Wildman–Crippen MR) is 108 cm³/mol. The van der Waals surface area contributed by atoms with E-state index in [-0.39, 0.29) is 6.10 Å². The number of hydrogen-bond donors (Lipinski definition) is 0. The highest BCUT2D eigenvalue weighted by Gasteiger charge is 2.19. The quantitative estimate of drug-likeness (QED) is 0.621. The number of aryl methyl sites for hydroxylation is 2. The molecule has 0 N–H and O–H groups in total. The van der Waals surface area contributed by atoms with E-state index in [0.29, 0.717) is 0 Å². The Morgan fingerprint density at radius 1 is 1.15 bits per heavy atom. The Morgan fingerprint density at radius 2 is 2.00 bits per heavy atom. The molecule has 3 aromatic rings. The molecule has 1 unspecified atom stereocenters. The molecule has 134 valence electrons. The van der Waals surface area contributed by atoms with Crippen LogP contribution in [0.1, 0.15) is 24.0 Å². The Kier molecular flexibility index (Phi) is 5.05. The monoisotopic (exact) mass is 364 g/mol. The first-order valence-corrected chi connectivity index (χ1v) is 10.1. The van der Waals surface area contributed by atoms with E-state index in [1.54, 1.807) is 11.3 Å². The van der Waals surface area contributed by atoms with Crippen molar-refractivity contribution in [1.29, 1.82) is 0 Å². The Hall–Kier alpha value is -2.17. The van der Waals surface area contributed by atoms with Crippen LogP contribution in [-0.2, 0) is 11.3 Å². The summed E-state index contributed by atoms with van der Waals surface area (Å²) in [6.45, 7) is 5.98. The van der Waals surface area contributed by atoms with E-state index in [2.05, 4.69) is 72.3 Å². The van der Waals surface area contributed by atoms with Crippen LogP contribution in [0.15, 0.2) is 58.9 Å². The predicted octanol–water partition coefficient (Wildman–Crippen LogP) is 5.24. The van der Waals surface area contributed by atoms with E-state index in [9.17, 15) is 0 Å². The molecule has 2 aromatic carbocycles. The number of nitrogens with zero attached hydrogens (tertiary/aromatic N) is 2. The molecule has 0 bridgehead atoms. The van der Waals surface area contributed by atoms with Crippen LogP contribution in [-0.4, -0.2) is 17.3 Å². The molecule has 2 heterocycles. The van der Waals surface area contributed by atoms with Crippen molar-refractivity contribution in [1.82, 2.24) is 4.57 Å². The molecule has 26 heavy (non-hydrogen) atoms. The molecular formula is C22H24N2OS. The van der Waals surface area contributed by atoms with Crippen molar-refractivity contribution in [2.75, 3.05) is 6.61 Å². The Morgan fingerprint density at radius 3 is 2.73 bits per heavy atom. The van der Waals surface area contributed by atoms with E-state index in [1.807, 2.05) is 0 Å². The minimum atomic E-state index is 0.283. The maximum atomic E-state index is 5.90. The van der Waals surface area contributed by atoms with Crippen molar-refractivity contribution < 1.29 is 4.74 Å². The van der Waals surface area contributed by atoms with Crippen LogP contribution in [0.3, 0.4) is 0 Å². The first kappa shape index (κ1) is 17.3. The van der Waals surface area contributed by atoms with Gasteiger partial charge in [0.2, 0.25) is 0 Å². The van der Waals surface area contributed by atoms with Crippen molar-refractivity contribution in [3.8, 4) is 11.3 Å². The molecule has 3 nitrogen and oxygen atoms in total. The van der Waals surface area contributed by atoms with Gasteiger partial charge in [-0.3, -0.25) is 0 Å². The molecule has 1 aliphatic heterocycles. The second-order valence-corrected chi connectivity index (χ2v) is 7.75. The number of ether oxygens (including phenoxy) is 1. The highest BCUT2D eigenvalue weighted by atomic mass is 32.1. The third-order valence-corrected chi connectivity index (χ3v) is 5.71. The molecule has 1 aromatic heterocycles. The Bertz CT molecular complexity index is 950. The molecule has 4 rings (SSSR count). The van der Waals surface area contributed by atoms with Crippen LogP contribution in [0.5, 0.6) is 0 Å². The van der Waals surface area contributed by atoms with Crippen molar-refractivity contribution in [2.45, 2.75) is 39.3 Å². The number of rotatable bonds is 4. The van der Waals surface area contributed by atoms with E-state index in [1.165, 1.54) is 22.4 Å². The van der Waals surface area contributed by atoms with Gasteiger partial charge in [0, 0.05) is 12.0 Å². The van der Waals surface area contributed by atoms with Gasteiger partial charge >= 0.3 is 0 Å². The highest BCUT2D eigenvalue weighted by molar-refractivity contribution is 7.07. The summed E-state index contributed by atoms with van der Waals surface area (Å²) in [7, 11) is 0. The Labute approximate surface area is 158 Å². The van der Waals surface area contributed by atoms with E-state index < -0.39 is 0 Å². The summed E-state index contributed by atoms with van der Waals surface area (Å²) in [5.41, 5.74) is 5.96. The minimum Gasteiger partial charge on any atom is -0.376 e. The van der Waals surface area contributed by atoms with Crippen molar-refractivity contribution >= 4 is 17.0 Å². The van der Waals surface area contributed by atoms with Gasteiger partial charge in [-0.15, -0.1) is 11.3 Å². The Balaban J connectivity index is 1.81. The maximum Gasteiger partial charge on any atom is 0.190 e. The molecule has 1 aliphatic rings. The van der Waals surface area contributed by atoms with Crippen molar-refractivity contribution in [2.24, 2.45) is 4.99 Å². The largest absolute Gasteiger partial charge is 0.376 e. The summed E-state index contributed by atoms with van der Waals surface area (Å²) in [6.07, 6.45) is 2.56. The summed E-state index contributed by atoms with van der Waals surface area (Å²) in [6, 6.07) is 17.0. The number of aromatic nitrogens is 1. The molecular weight excluding hydrogens is 340 g/mol. The molecule has 1 atom stereocenters. The number of hydrogen-bond acceptors (Lipinski definition) is 3. The van der Waals surface area contributed by atoms with E-state index in [0.717, 1.165) is 36.5 Å². The van der Waals surface area contributed by atoms with E-state index in [4.69, 9.17) is 9.73 Å². The zero-order valence-corrected chi connectivity index (χ0v) is 16.1. The topological polar surface area (TPSA) is 26.5 Å². The normalized spacial score (nSPS) is 17.8. The molecule has 1 fully saturated rings. The molecule has 0 aliphatic carbocycles. The summed E-state index contributed by atoms with van der Waals surface area (Å²) in [4.78, 5) is 6.03. The van der Waals surface area contributed by atoms with Gasteiger partial charge in [0.1, 0.15) is 0 Å². The molecule has 0 spiro atoms. The summed E-state index contributed by atoms with van der Waals surface area (Å²) in [5.74, 6) is 0. The highest BCUT2D eigenvalue weighted by Crippen LogP contribution is 2.24. The fourth-order valence-corrected chi connectivity index (χ4v) is 4.39. The maximum absolute atomic E-state index is 5.90. The summed E-state index contributed by atoms with van der Waals surface area (Å²) >= 11 is 1.70. The van der Waals surface area contributed by atoms with Gasteiger partial charge < -0.3 is 9.30 Å². The van der Waals surface area contributed by atoms with Crippen LogP contribution in [0.25, 0.3) is 11.3 Å². The zero-order valence-electron chi connectivity index (χ0n) is 15.3. The SMILES string of the molecule is Cc1ccc(N=c2scc(-c3ccccc3)n2CC2CCCO2)c(C)c1. The van der Waals surface area contributed by atoms with Crippen molar-refractivity contribution in [3.05, 3.63) is 69.8 Å². The van der Waals surface area contributed by atoms with Gasteiger partial charge in [-0.05, 0) is 43.9 Å². The molecule has 4 heteroatoms. The van der Waals surface area contributed by atoms with Gasteiger partial charge in [0.25, 0.3) is 0 Å². The first-order valence-electron chi connectivity index (χ1n) is 9.18. The lowest BCUT2D eigenvalue weighted by Gasteiger charge is -2.14. The average molecular weight is 365 g/mol. The lowest BCUT2D eigenvalue weighted by atomic mass is 10.1. The second kappa shape index (κ2) is 7.60. The van der Waals surface area contributed by atoms with Crippen LogP contribution >= 0.6 is 11.3 Å². The standard InChI is InChI=1S/C22H24N2OS/c1-16-10-11-20(17(2)13-16)23-22-24(14-19-9-6-12-25-19)21(15-26-22)18-7-4-3-5-8-18/h3-5,7-8,10-11,13,15,19H,6,9,12,14H2,1-2H3. The third-order valence-electron chi connectivity index (χ3n) is 4.85. The lowest BCUT2D eigenvalue weighted by molar-refractivity contribution is 0.0968. The summed E-state index contributed by atoms with van der Waals surface area (Å²) < 4.78 is 8.23. The molecule has 0 saturated carbocycles. The second-order valence-electron chi connectivity index (χ2n) is 6.92.